The molecule has 0 radical (unpaired) electrons. The van der Waals surface area contributed by atoms with E-state index in [4.69, 9.17) is 0 Å². The number of hydrogen-bond donors (Lipinski definition) is 0. The van der Waals surface area contributed by atoms with Crippen molar-refractivity contribution in [1.29, 1.82) is 0 Å². The van der Waals surface area contributed by atoms with Crippen molar-refractivity contribution in [3.63, 3.8) is 0 Å². The fraction of sp³-hybridized carbons (Fsp3) is 0.474. The Balaban J connectivity index is 1.98. The van der Waals surface area contributed by atoms with Gasteiger partial charge < -0.3 is 0 Å². The lowest BCUT2D eigenvalue weighted by molar-refractivity contribution is 0.581. The largest absolute Gasteiger partial charge is 0.0616 e. The molecule has 1 aliphatic carbocycles. The second-order valence-electron chi connectivity index (χ2n) is 5.90. The van der Waals surface area contributed by atoms with Crippen molar-refractivity contribution < 1.29 is 0 Å². The Morgan fingerprint density at radius 1 is 0.474 bits per heavy atom. The van der Waals surface area contributed by atoms with E-state index in [2.05, 4.69) is 36.4 Å². The third-order valence-corrected chi connectivity index (χ3v) is 4.50. The van der Waals surface area contributed by atoms with Crippen molar-refractivity contribution in [3.8, 4) is 0 Å². The predicted molar refractivity (Wildman–Crippen MR) is 83.7 cm³/mol. The van der Waals surface area contributed by atoms with E-state index in [0.29, 0.717) is 0 Å². The normalized spacial score (nSPS) is 17.7. The lowest BCUT2D eigenvalue weighted by Gasteiger charge is -2.11. The van der Waals surface area contributed by atoms with Gasteiger partial charge in [-0.05, 0) is 47.6 Å². The summed E-state index contributed by atoms with van der Waals surface area (Å²) < 4.78 is 0. The van der Waals surface area contributed by atoms with Crippen LogP contribution >= 0.6 is 0 Å². The van der Waals surface area contributed by atoms with Crippen LogP contribution < -0.4 is 0 Å². The Morgan fingerprint density at radius 3 is 1.37 bits per heavy atom. The van der Waals surface area contributed by atoms with Gasteiger partial charge >= 0.3 is 0 Å². The first-order valence-electron chi connectivity index (χ1n) is 7.95. The number of fused-ring (bicyclic) bond motifs is 6. The molecule has 0 nitrogen and oxygen atoms in total. The number of hydrogen-bond acceptors (Lipinski definition) is 0. The molecule has 2 bridgehead atoms. The Hall–Kier alpha value is -1.30. The van der Waals surface area contributed by atoms with E-state index in [1.165, 1.54) is 68.6 Å². The zero-order chi connectivity index (χ0) is 12.9. The van der Waals surface area contributed by atoms with E-state index >= 15 is 0 Å². The average Bonchev–Trinajstić information content (AvgIpc) is 2.49. The van der Waals surface area contributed by atoms with Crippen molar-refractivity contribution >= 4 is 10.8 Å². The number of rotatable bonds is 0. The Labute approximate surface area is 116 Å². The van der Waals surface area contributed by atoms with Crippen LogP contribution in [0.5, 0.6) is 0 Å². The molecule has 0 aliphatic heterocycles. The predicted octanol–water partition coefficient (Wildman–Crippen LogP) is 5.67. The van der Waals surface area contributed by atoms with E-state index in [9.17, 15) is 0 Å². The third kappa shape index (κ3) is 3.00. The van der Waals surface area contributed by atoms with Gasteiger partial charge in [-0.2, -0.15) is 0 Å². The second kappa shape index (κ2) is 6.23. The molecule has 0 heteroatoms. The highest BCUT2D eigenvalue weighted by Gasteiger charge is 2.06. The molecule has 19 heavy (non-hydrogen) atoms. The average molecular weight is 252 g/mol. The molecule has 0 heterocycles. The molecule has 0 saturated heterocycles. The molecular formula is C19H24. The van der Waals surface area contributed by atoms with Crippen LogP contribution in [0.3, 0.4) is 0 Å². The summed E-state index contributed by atoms with van der Waals surface area (Å²) >= 11 is 0. The van der Waals surface area contributed by atoms with Crippen LogP contribution in [-0.4, -0.2) is 0 Å². The summed E-state index contributed by atoms with van der Waals surface area (Å²) in [6.45, 7) is 0. The summed E-state index contributed by atoms with van der Waals surface area (Å²) in [4.78, 5) is 0. The molecule has 0 atom stereocenters. The highest BCUT2D eigenvalue weighted by atomic mass is 14.1. The van der Waals surface area contributed by atoms with Crippen LogP contribution in [0.15, 0.2) is 36.4 Å². The molecule has 0 saturated carbocycles. The van der Waals surface area contributed by atoms with Crippen molar-refractivity contribution in [3.05, 3.63) is 47.5 Å². The molecule has 0 fully saturated rings. The minimum Gasteiger partial charge on any atom is -0.0616 e. The van der Waals surface area contributed by atoms with Gasteiger partial charge in [-0.3, -0.25) is 0 Å². The maximum atomic E-state index is 2.38. The Bertz CT molecular complexity index is 490. The van der Waals surface area contributed by atoms with Gasteiger partial charge in [0.15, 0.2) is 0 Å². The van der Waals surface area contributed by atoms with Crippen LogP contribution in [0.1, 0.15) is 56.1 Å². The van der Waals surface area contributed by atoms with Crippen LogP contribution in [-0.2, 0) is 12.8 Å². The van der Waals surface area contributed by atoms with Crippen molar-refractivity contribution in [1.82, 2.24) is 0 Å². The van der Waals surface area contributed by atoms with Crippen molar-refractivity contribution in [2.75, 3.05) is 0 Å². The van der Waals surface area contributed by atoms with E-state index in [0.717, 1.165) is 0 Å². The highest BCUT2D eigenvalue weighted by Crippen LogP contribution is 2.26. The first-order chi connectivity index (χ1) is 9.45. The SMILES string of the molecule is c1ccc2c3ccc(c2c1)CCCCCCCCC3. The molecule has 1 aliphatic rings. The van der Waals surface area contributed by atoms with Crippen LogP contribution in [0.2, 0.25) is 0 Å². The van der Waals surface area contributed by atoms with E-state index in [1.807, 2.05) is 0 Å². The standard InChI is InChI=1S/C19H24/c1-2-4-6-10-16-14-15-17(11-7-5-3-1)19-13-9-8-12-18(16)19/h8-9,12-15H,1-7,10-11H2. The molecule has 2 aromatic rings. The quantitative estimate of drug-likeness (QED) is 0.566. The topological polar surface area (TPSA) is 0 Å². The molecule has 3 rings (SSSR count). The van der Waals surface area contributed by atoms with Gasteiger partial charge in [-0.1, -0.05) is 68.5 Å². The fourth-order valence-corrected chi connectivity index (χ4v) is 3.37. The minimum absolute atomic E-state index is 1.25. The second-order valence-corrected chi connectivity index (χ2v) is 5.90. The van der Waals surface area contributed by atoms with Crippen molar-refractivity contribution in [2.45, 2.75) is 57.8 Å². The summed E-state index contributed by atoms with van der Waals surface area (Å²) in [6, 6.07) is 13.8. The summed E-state index contributed by atoms with van der Waals surface area (Å²) in [7, 11) is 0. The summed E-state index contributed by atoms with van der Waals surface area (Å²) in [5.74, 6) is 0. The zero-order valence-electron chi connectivity index (χ0n) is 11.8. The molecule has 0 N–H and O–H groups in total. The lowest BCUT2D eigenvalue weighted by Crippen LogP contribution is -1.92. The minimum atomic E-state index is 1.25. The maximum Gasteiger partial charge on any atom is -0.0149 e. The maximum absolute atomic E-state index is 2.38. The van der Waals surface area contributed by atoms with Gasteiger partial charge in [0.2, 0.25) is 0 Å². The lowest BCUT2D eigenvalue weighted by atomic mass is 9.94. The first kappa shape index (κ1) is 12.7. The van der Waals surface area contributed by atoms with Gasteiger partial charge in [0.1, 0.15) is 0 Å². The van der Waals surface area contributed by atoms with E-state index in [-0.39, 0.29) is 0 Å². The van der Waals surface area contributed by atoms with E-state index in [1.54, 1.807) is 11.1 Å². The van der Waals surface area contributed by atoms with Gasteiger partial charge in [0.05, 0.1) is 0 Å². The fourth-order valence-electron chi connectivity index (χ4n) is 3.37. The molecule has 0 amide bonds. The molecule has 2 aromatic carbocycles. The summed E-state index contributed by atoms with van der Waals surface area (Å²) in [5, 5.41) is 3.00. The molecule has 0 spiro atoms. The number of benzene rings is 2. The molecule has 0 aromatic heterocycles. The van der Waals surface area contributed by atoms with E-state index < -0.39 is 0 Å². The smallest absolute Gasteiger partial charge is 0.0149 e. The molecule has 0 unspecified atom stereocenters. The van der Waals surface area contributed by atoms with Gasteiger partial charge in [-0.15, -0.1) is 0 Å². The van der Waals surface area contributed by atoms with Gasteiger partial charge in [0, 0.05) is 0 Å². The van der Waals surface area contributed by atoms with Crippen LogP contribution in [0.25, 0.3) is 10.8 Å². The summed E-state index contributed by atoms with van der Waals surface area (Å²) in [5.41, 5.74) is 3.11. The number of aryl methyl sites for hydroxylation is 2. The van der Waals surface area contributed by atoms with Crippen LogP contribution in [0, 0.1) is 0 Å². The van der Waals surface area contributed by atoms with Gasteiger partial charge in [-0.25, -0.2) is 0 Å². The van der Waals surface area contributed by atoms with Crippen molar-refractivity contribution in [2.24, 2.45) is 0 Å². The zero-order valence-corrected chi connectivity index (χ0v) is 11.8. The first-order valence-corrected chi connectivity index (χ1v) is 7.95. The molecular weight excluding hydrogens is 228 g/mol. The third-order valence-electron chi connectivity index (χ3n) is 4.50. The molecule has 100 valence electrons. The monoisotopic (exact) mass is 252 g/mol. The Morgan fingerprint density at radius 2 is 0.895 bits per heavy atom. The summed E-state index contributed by atoms with van der Waals surface area (Å²) in [6.07, 6.45) is 12.3. The Kier molecular flexibility index (Phi) is 4.17. The highest BCUT2D eigenvalue weighted by molar-refractivity contribution is 5.88. The van der Waals surface area contributed by atoms with Gasteiger partial charge in [0.25, 0.3) is 0 Å². The van der Waals surface area contributed by atoms with Crippen LogP contribution in [0.4, 0.5) is 0 Å².